The summed E-state index contributed by atoms with van der Waals surface area (Å²) in [6.07, 6.45) is 0.836. The van der Waals surface area contributed by atoms with Gasteiger partial charge in [0, 0.05) is 18.5 Å². The van der Waals surface area contributed by atoms with Gasteiger partial charge in [-0.15, -0.1) is 0 Å². The highest BCUT2D eigenvalue weighted by Crippen LogP contribution is 2.22. The lowest BCUT2D eigenvalue weighted by Crippen LogP contribution is -2.46. The van der Waals surface area contributed by atoms with E-state index in [4.69, 9.17) is 9.47 Å². The number of hydrogen-bond donors (Lipinski definition) is 2. The van der Waals surface area contributed by atoms with Gasteiger partial charge in [-0.2, -0.15) is 5.26 Å². The zero-order chi connectivity index (χ0) is 25.3. The molecule has 184 valence electrons. The first-order valence-electron chi connectivity index (χ1n) is 12.0. The van der Waals surface area contributed by atoms with Crippen LogP contribution in [0.4, 0.5) is 0 Å². The van der Waals surface area contributed by atoms with Crippen LogP contribution in [0.25, 0.3) is 10.8 Å². The van der Waals surface area contributed by atoms with E-state index in [1.54, 1.807) is 19.1 Å². The molecule has 2 N–H and O–H groups in total. The van der Waals surface area contributed by atoms with Gasteiger partial charge in [0.1, 0.15) is 24.5 Å². The number of carbonyl (C=O) groups is 1. The summed E-state index contributed by atoms with van der Waals surface area (Å²) >= 11 is 0. The van der Waals surface area contributed by atoms with Crippen molar-refractivity contribution in [2.45, 2.75) is 51.7 Å². The number of nitrogens with one attached hydrogen (secondary N) is 1. The Morgan fingerprint density at radius 3 is 2.57 bits per heavy atom. The molecule has 6 heteroatoms. The Kier molecular flexibility index (Phi) is 9.25. The Labute approximate surface area is 207 Å². The maximum atomic E-state index is 11.6. The van der Waals surface area contributed by atoms with Gasteiger partial charge in [0.05, 0.1) is 12.2 Å². The Balaban J connectivity index is 1.49. The van der Waals surface area contributed by atoms with Crippen molar-refractivity contribution in [3.05, 3.63) is 77.4 Å². The Hall–Kier alpha value is -3.40. The molecule has 0 saturated heterocycles. The average molecular weight is 475 g/mol. The quantitative estimate of drug-likeness (QED) is 0.374. The van der Waals surface area contributed by atoms with Crippen LogP contribution in [0.1, 0.15) is 43.9 Å². The first-order chi connectivity index (χ1) is 16.8. The van der Waals surface area contributed by atoms with Gasteiger partial charge in [-0.3, -0.25) is 4.79 Å². The van der Waals surface area contributed by atoms with Gasteiger partial charge < -0.3 is 19.9 Å². The van der Waals surface area contributed by atoms with Crippen LogP contribution in [0.5, 0.6) is 5.75 Å². The maximum Gasteiger partial charge on any atom is 0.306 e. The van der Waals surface area contributed by atoms with Crippen molar-refractivity contribution in [3.8, 4) is 11.8 Å². The van der Waals surface area contributed by atoms with E-state index in [0.717, 1.165) is 12.0 Å². The van der Waals surface area contributed by atoms with Crippen LogP contribution in [0.2, 0.25) is 0 Å². The van der Waals surface area contributed by atoms with E-state index < -0.39 is 6.10 Å². The number of aliphatic hydroxyl groups is 1. The zero-order valence-corrected chi connectivity index (χ0v) is 20.7. The molecule has 0 bridgehead atoms. The fourth-order valence-electron chi connectivity index (χ4n) is 3.99. The van der Waals surface area contributed by atoms with Crippen molar-refractivity contribution in [2.75, 3.05) is 19.8 Å². The topological polar surface area (TPSA) is 91.6 Å². The number of esters is 1. The van der Waals surface area contributed by atoms with Crippen LogP contribution in [0, 0.1) is 11.3 Å². The standard InChI is InChI=1S/C29H34N2O4/c1-4-34-28(33)14-11-21-10-13-27(25(15-21)18-30)35-20-26(32)19-31-29(2,3)17-22-9-12-23-7-5-6-8-24(23)16-22/h5-10,12-13,15-16,26,31-32H,4,11,14,17,19-20H2,1-3H3/t26-/m1/s1. The third-order valence-corrected chi connectivity index (χ3v) is 5.79. The number of β-amino-alcohol motifs (C(OH)–C–C–N with tert-alkyl or cyclic N) is 1. The van der Waals surface area contributed by atoms with E-state index in [-0.39, 0.29) is 24.5 Å². The van der Waals surface area contributed by atoms with Crippen LogP contribution in [-0.2, 0) is 22.4 Å². The molecular formula is C29H34N2O4. The van der Waals surface area contributed by atoms with Crippen LogP contribution < -0.4 is 10.1 Å². The van der Waals surface area contributed by atoms with Crippen molar-refractivity contribution >= 4 is 16.7 Å². The second-order valence-electron chi connectivity index (χ2n) is 9.34. The van der Waals surface area contributed by atoms with Crippen molar-refractivity contribution < 1.29 is 19.4 Å². The first-order valence-corrected chi connectivity index (χ1v) is 12.0. The molecule has 35 heavy (non-hydrogen) atoms. The normalized spacial score (nSPS) is 12.2. The van der Waals surface area contributed by atoms with Crippen molar-refractivity contribution in [3.63, 3.8) is 0 Å². The average Bonchev–Trinajstić information content (AvgIpc) is 2.85. The number of benzene rings is 3. The first kappa shape index (κ1) is 26.2. The van der Waals surface area contributed by atoms with Crippen LogP contribution in [0.15, 0.2) is 60.7 Å². The summed E-state index contributed by atoms with van der Waals surface area (Å²) < 4.78 is 10.7. The predicted octanol–water partition coefficient (Wildman–Crippen LogP) is 4.56. The molecule has 0 amide bonds. The minimum atomic E-state index is -0.735. The molecule has 0 aliphatic heterocycles. The van der Waals surface area contributed by atoms with E-state index in [1.807, 2.05) is 18.2 Å². The molecule has 0 aliphatic carbocycles. The van der Waals surface area contributed by atoms with E-state index in [9.17, 15) is 15.2 Å². The summed E-state index contributed by atoms with van der Waals surface area (Å²) in [6, 6.07) is 22.2. The number of aryl methyl sites for hydroxylation is 1. The molecule has 6 nitrogen and oxygen atoms in total. The van der Waals surface area contributed by atoms with Gasteiger partial charge in [-0.1, -0.05) is 48.5 Å². The fourth-order valence-corrected chi connectivity index (χ4v) is 3.99. The summed E-state index contributed by atoms with van der Waals surface area (Å²) in [5, 5.41) is 25.8. The lowest BCUT2D eigenvalue weighted by Gasteiger charge is -2.28. The smallest absolute Gasteiger partial charge is 0.306 e. The highest BCUT2D eigenvalue weighted by molar-refractivity contribution is 5.83. The van der Waals surface area contributed by atoms with Crippen molar-refractivity contribution in [1.29, 1.82) is 5.26 Å². The van der Waals surface area contributed by atoms with E-state index >= 15 is 0 Å². The molecule has 0 fully saturated rings. The molecule has 0 saturated carbocycles. The minimum absolute atomic E-state index is 0.0654. The Morgan fingerprint density at radius 2 is 1.83 bits per heavy atom. The molecular weight excluding hydrogens is 440 g/mol. The molecule has 1 atom stereocenters. The predicted molar refractivity (Wildman–Crippen MR) is 137 cm³/mol. The molecule has 0 spiro atoms. The molecule has 3 aromatic rings. The molecule has 0 unspecified atom stereocenters. The zero-order valence-electron chi connectivity index (χ0n) is 20.7. The summed E-state index contributed by atoms with van der Waals surface area (Å²) in [4.78, 5) is 11.6. The number of nitriles is 1. The highest BCUT2D eigenvalue weighted by Gasteiger charge is 2.20. The second kappa shape index (κ2) is 12.3. The van der Waals surface area contributed by atoms with Crippen molar-refractivity contribution in [2.24, 2.45) is 0 Å². The van der Waals surface area contributed by atoms with Gasteiger partial charge >= 0.3 is 5.97 Å². The monoisotopic (exact) mass is 474 g/mol. The van der Waals surface area contributed by atoms with Gasteiger partial charge in [-0.05, 0) is 67.6 Å². The van der Waals surface area contributed by atoms with Crippen LogP contribution in [0.3, 0.4) is 0 Å². The lowest BCUT2D eigenvalue weighted by atomic mass is 9.93. The number of aliphatic hydroxyl groups excluding tert-OH is 1. The summed E-state index contributed by atoms with van der Waals surface area (Å²) in [5.41, 5.74) is 2.25. The molecule has 0 heterocycles. The minimum Gasteiger partial charge on any atom is -0.489 e. The van der Waals surface area contributed by atoms with E-state index in [0.29, 0.717) is 30.9 Å². The lowest BCUT2D eigenvalue weighted by molar-refractivity contribution is -0.143. The Bertz CT molecular complexity index is 1180. The summed E-state index contributed by atoms with van der Waals surface area (Å²) in [5.74, 6) is 0.160. The van der Waals surface area contributed by atoms with E-state index in [1.165, 1.54) is 16.3 Å². The number of fused-ring (bicyclic) bond motifs is 1. The van der Waals surface area contributed by atoms with Gasteiger partial charge in [0.25, 0.3) is 0 Å². The number of carbonyl (C=O) groups excluding carboxylic acids is 1. The second-order valence-corrected chi connectivity index (χ2v) is 9.34. The Morgan fingerprint density at radius 1 is 1.09 bits per heavy atom. The SMILES string of the molecule is CCOC(=O)CCc1ccc(OC[C@H](O)CNC(C)(C)Cc2ccc3ccccc3c2)c(C#N)c1. The van der Waals surface area contributed by atoms with E-state index in [2.05, 4.69) is 55.6 Å². The number of rotatable bonds is 12. The highest BCUT2D eigenvalue weighted by atomic mass is 16.5. The third-order valence-electron chi connectivity index (χ3n) is 5.79. The third kappa shape index (κ3) is 8.10. The molecule has 3 aromatic carbocycles. The summed E-state index contributed by atoms with van der Waals surface area (Å²) in [7, 11) is 0. The number of ether oxygens (including phenoxy) is 2. The maximum absolute atomic E-state index is 11.6. The molecule has 3 rings (SSSR count). The number of hydrogen-bond acceptors (Lipinski definition) is 6. The van der Waals surface area contributed by atoms with Crippen LogP contribution in [-0.4, -0.2) is 42.5 Å². The van der Waals surface area contributed by atoms with Crippen molar-refractivity contribution in [1.82, 2.24) is 5.32 Å². The molecule has 0 aliphatic rings. The number of nitrogens with zero attached hydrogens (tertiary/aromatic N) is 1. The van der Waals surface area contributed by atoms with Crippen LogP contribution >= 0.6 is 0 Å². The van der Waals surface area contributed by atoms with Gasteiger partial charge in [0.15, 0.2) is 0 Å². The molecule has 0 radical (unpaired) electrons. The van der Waals surface area contributed by atoms with Gasteiger partial charge in [-0.25, -0.2) is 0 Å². The van der Waals surface area contributed by atoms with Gasteiger partial charge in [0.2, 0.25) is 0 Å². The molecule has 0 aromatic heterocycles. The summed E-state index contributed by atoms with van der Waals surface area (Å²) in [6.45, 7) is 6.77. The fraction of sp³-hybridized carbons (Fsp3) is 0.379. The largest absolute Gasteiger partial charge is 0.489 e.